The van der Waals surface area contributed by atoms with E-state index in [-0.39, 0.29) is 5.91 Å². The second kappa shape index (κ2) is 7.64. The number of hydrogen-bond donors (Lipinski definition) is 1. The van der Waals surface area contributed by atoms with Crippen LogP contribution in [-0.2, 0) is 17.8 Å². The third-order valence-corrected chi connectivity index (χ3v) is 6.37. The Labute approximate surface area is 171 Å². The van der Waals surface area contributed by atoms with E-state index >= 15 is 0 Å². The van der Waals surface area contributed by atoms with Crippen molar-refractivity contribution in [3.05, 3.63) is 65.5 Å². The molecule has 2 bridgehead atoms. The first kappa shape index (κ1) is 18.4. The summed E-state index contributed by atoms with van der Waals surface area (Å²) in [6.45, 7) is 2.61. The minimum atomic E-state index is 0.0948. The number of benzene rings is 2. The second-order valence-electron chi connectivity index (χ2n) is 8.49. The van der Waals surface area contributed by atoms with Crippen molar-refractivity contribution < 1.29 is 9.21 Å². The Kier molecular flexibility index (Phi) is 4.84. The van der Waals surface area contributed by atoms with Gasteiger partial charge in [0.1, 0.15) is 5.52 Å². The van der Waals surface area contributed by atoms with Crippen molar-refractivity contribution in [1.29, 1.82) is 0 Å². The first-order valence-electron chi connectivity index (χ1n) is 10.6. The molecule has 0 spiro atoms. The molecule has 1 aromatic heterocycles. The average Bonchev–Trinajstić information content (AvgIpc) is 3.20. The lowest BCUT2D eigenvalue weighted by Crippen LogP contribution is -2.49. The maximum atomic E-state index is 11.4. The van der Waals surface area contributed by atoms with Gasteiger partial charge in [0.15, 0.2) is 11.5 Å². The van der Waals surface area contributed by atoms with Crippen LogP contribution < -0.4 is 5.32 Å². The van der Waals surface area contributed by atoms with Gasteiger partial charge in [0.05, 0.1) is 0 Å². The van der Waals surface area contributed by atoms with Gasteiger partial charge in [-0.05, 0) is 48.9 Å². The van der Waals surface area contributed by atoms with Crippen molar-refractivity contribution in [2.75, 3.05) is 0 Å². The number of amides is 1. The Morgan fingerprint density at radius 1 is 1.07 bits per heavy atom. The predicted molar refractivity (Wildman–Crippen MR) is 112 cm³/mol. The zero-order chi connectivity index (χ0) is 19.8. The highest BCUT2D eigenvalue weighted by Gasteiger charge is 2.40. The number of nitrogens with zero attached hydrogens (tertiary/aromatic N) is 2. The highest BCUT2D eigenvalue weighted by atomic mass is 16.3. The van der Waals surface area contributed by atoms with Crippen molar-refractivity contribution in [2.24, 2.45) is 0 Å². The fourth-order valence-corrected chi connectivity index (χ4v) is 5.08. The standard InChI is InChI=1S/C24H27N3O2/c1-16(28)25-19-13-20-10-11-21(14-19)27(20)15-18-8-6-17(7-9-18)12-24-26-22-4-2-3-5-23(22)29-24/h2-9,19-21H,10-15H2,1H3,(H,25,28)/t19?,20-,21+. The molecule has 1 N–H and O–H groups in total. The third kappa shape index (κ3) is 3.92. The maximum Gasteiger partial charge on any atom is 0.217 e. The van der Waals surface area contributed by atoms with Gasteiger partial charge in [-0.25, -0.2) is 4.98 Å². The Balaban J connectivity index is 1.22. The van der Waals surface area contributed by atoms with Crippen LogP contribution in [0.2, 0.25) is 0 Å². The number of piperidine rings is 1. The first-order valence-corrected chi connectivity index (χ1v) is 10.6. The number of para-hydroxylation sites is 2. The Morgan fingerprint density at radius 3 is 2.45 bits per heavy atom. The van der Waals surface area contributed by atoms with E-state index in [0.717, 1.165) is 36.4 Å². The van der Waals surface area contributed by atoms with Crippen LogP contribution in [0.15, 0.2) is 52.9 Å². The Morgan fingerprint density at radius 2 is 1.76 bits per heavy atom. The lowest BCUT2D eigenvalue weighted by molar-refractivity contribution is -0.120. The molecule has 2 aliphatic heterocycles. The van der Waals surface area contributed by atoms with E-state index in [9.17, 15) is 4.79 Å². The molecule has 0 saturated carbocycles. The van der Waals surface area contributed by atoms with Crippen LogP contribution in [0.5, 0.6) is 0 Å². The van der Waals surface area contributed by atoms with E-state index < -0.39 is 0 Å². The summed E-state index contributed by atoms with van der Waals surface area (Å²) in [4.78, 5) is 18.6. The SMILES string of the molecule is CC(=O)NC1C[C@H]2CC[C@@H](C1)N2Cc1ccc(Cc2nc3ccccc3o2)cc1. The molecular weight excluding hydrogens is 362 g/mol. The normalized spacial score (nSPS) is 24.1. The minimum absolute atomic E-state index is 0.0948. The van der Waals surface area contributed by atoms with Crippen molar-refractivity contribution in [1.82, 2.24) is 15.2 Å². The van der Waals surface area contributed by atoms with Gasteiger partial charge < -0.3 is 9.73 Å². The molecule has 29 heavy (non-hydrogen) atoms. The Hall–Kier alpha value is -2.66. The van der Waals surface area contributed by atoms with Gasteiger partial charge in [0.25, 0.3) is 0 Å². The van der Waals surface area contributed by atoms with Crippen LogP contribution in [0.3, 0.4) is 0 Å². The smallest absolute Gasteiger partial charge is 0.217 e. The van der Waals surface area contributed by atoms with Crippen molar-refractivity contribution in [3.63, 3.8) is 0 Å². The molecule has 3 atom stereocenters. The summed E-state index contributed by atoms with van der Waals surface area (Å²) in [6, 6.07) is 18.3. The van der Waals surface area contributed by atoms with Gasteiger partial charge in [-0.1, -0.05) is 36.4 Å². The van der Waals surface area contributed by atoms with E-state index in [0.29, 0.717) is 24.5 Å². The van der Waals surface area contributed by atoms with E-state index in [2.05, 4.69) is 39.5 Å². The van der Waals surface area contributed by atoms with Crippen LogP contribution >= 0.6 is 0 Å². The average molecular weight is 389 g/mol. The topological polar surface area (TPSA) is 58.4 Å². The molecule has 5 rings (SSSR count). The first-order chi connectivity index (χ1) is 14.1. The largest absolute Gasteiger partial charge is 0.440 e. The number of carbonyl (C=O) groups is 1. The lowest BCUT2D eigenvalue weighted by atomic mass is 9.96. The van der Waals surface area contributed by atoms with Crippen LogP contribution in [0, 0.1) is 0 Å². The lowest BCUT2D eigenvalue weighted by Gasteiger charge is -2.39. The molecule has 2 fully saturated rings. The fraction of sp³-hybridized carbons (Fsp3) is 0.417. The molecule has 1 amide bonds. The Bertz CT molecular complexity index is 963. The van der Waals surface area contributed by atoms with Gasteiger partial charge in [0, 0.05) is 38.0 Å². The summed E-state index contributed by atoms with van der Waals surface area (Å²) in [5.41, 5.74) is 4.32. The molecule has 1 unspecified atom stereocenters. The number of hydrogen-bond acceptors (Lipinski definition) is 4. The monoisotopic (exact) mass is 389 g/mol. The highest BCUT2D eigenvalue weighted by Crippen LogP contribution is 2.36. The van der Waals surface area contributed by atoms with Gasteiger partial charge in [-0.2, -0.15) is 0 Å². The fourth-order valence-electron chi connectivity index (χ4n) is 5.08. The summed E-state index contributed by atoms with van der Waals surface area (Å²) in [7, 11) is 0. The number of rotatable bonds is 5. The molecule has 0 radical (unpaired) electrons. The second-order valence-corrected chi connectivity index (χ2v) is 8.49. The number of oxazole rings is 1. The minimum Gasteiger partial charge on any atom is -0.440 e. The van der Waals surface area contributed by atoms with Gasteiger partial charge >= 0.3 is 0 Å². The zero-order valence-corrected chi connectivity index (χ0v) is 16.8. The highest BCUT2D eigenvalue weighted by molar-refractivity contribution is 5.73. The molecular formula is C24H27N3O2. The van der Waals surface area contributed by atoms with E-state index in [1.54, 1.807) is 6.92 Å². The molecule has 2 aliphatic rings. The van der Waals surface area contributed by atoms with Gasteiger partial charge in [-0.3, -0.25) is 9.69 Å². The van der Waals surface area contributed by atoms with Crippen LogP contribution in [0.4, 0.5) is 0 Å². The predicted octanol–water partition coefficient (Wildman–Crippen LogP) is 4.05. The van der Waals surface area contributed by atoms with Crippen molar-refractivity contribution in [2.45, 2.75) is 63.7 Å². The molecule has 150 valence electrons. The number of nitrogens with one attached hydrogen (secondary N) is 1. The van der Waals surface area contributed by atoms with Crippen LogP contribution in [0.25, 0.3) is 11.1 Å². The van der Waals surface area contributed by atoms with E-state index in [1.807, 2.05) is 24.3 Å². The quantitative estimate of drug-likeness (QED) is 0.715. The van der Waals surface area contributed by atoms with Gasteiger partial charge in [-0.15, -0.1) is 0 Å². The molecule has 2 saturated heterocycles. The van der Waals surface area contributed by atoms with Gasteiger partial charge in [0.2, 0.25) is 5.91 Å². The van der Waals surface area contributed by atoms with Crippen LogP contribution in [-0.4, -0.2) is 33.9 Å². The number of carbonyl (C=O) groups excluding carboxylic acids is 1. The molecule has 5 nitrogen and oxygen atoms in total. The maximum absolute atomic E-state index is 11.4. The summed E-state index contributed by atoms with van der Waals surface area (Å²) >= 11 is 0. The summed E-state index contributed by atoms with van der Waals surface area (Å²) in [5, 5.41) is 3.13. The van der Waals surface area contributed by atoms with E-state index in [1.165, 1.54) is 24.0 Å². The van der Waals surface area contributed by atoms with Crippen LogP contribution in [0.1, 0.15) is 49.6 Å². The summed E-state index contributed by atoms with van der Waals surface area (Å²) < 4.78 is 5.85. The summed E-state index contributed by atoms with van der Waals surface area (Å²) in [6.07, 6.45) is 5.35. The molecule has 5 heteroatoms. The van der Waals surface area contributed by atoms with Crippen molar-refractivity contribution >= 4 is 17.0 Å². The van der Waals surface area contributed by atoms with E-state index in [4.69, 9.17) is 4.42 Å². The molecule has 3 heterocycles. The number of aromatic nitrogens is 1. The molecule has 2 aromatic carbocycles. The summed E-state index contributed by atoms with van der Waals surface area (Å²) in [5.74, 6) is 0.856. The van der Waals surface area contributed by atoms with Crippen molar-refractivity contribution in [3.8, 4) is 0 Å². The zero-order valence-electron chi connectivity index (χ0n) is 16.8. The number of fused-ring (bicyclic) bond motifs is 3. The molecule has 3 aromatic rings. The molecule has 0 aliphatic carbocycles. The third-order valence-electron chi connectivity index (χ3n) is 6.37.